The van der Waals surface area contributed by atoms with Crippen LogP contribution in [-0.2, 0) is 14.8 Å². The van der Waals surface area contributed by atoms with Crippen molar-refractivity contribution in [2.24, 2.45) is 5.10 Å². The summed E-state index contributed by atoms with van der Waals surface area (Å²) in [4.78, 5) is 12.7. The summed E-state index contributed by atoms with van der Waals surface area (Å²) < 4.78 is 32.1. The van der Waals surface area contributed by atoms with E-state index in [1.807, 2.05) is 24.3 Å². The van der Waals surface area contributed by atoms with Crippen molar-refractivity contribution in [3.05, 3.63) is 71.8 Å². The number of rotatable bonds is 5. The van der Waals surface area contributed by atoms with Gasteiger partial charge in [0.2, 0.25) is 10.0 Å². The quantitative estimate of drug-likeness (QED) is 0.456. The Bertz CT molecular complexity index is 1280. The Hall–Kier alpha value is -3.27. The molecule has 0 spiro atoms. The summed E-state index contributed by atoms with van der Waals surface area (Å²) in [5, 5.41) is 16.0. The Balaban J connectivity index is 1.48. The van der Waals surface area contributed by atoms with Crippen molar-refractivity contribution < 1.29 is 23.1 Å². The number of benzene rings is 3. The van der Waals surface area contributed by atoms with Gasteiger partial charge < -0.3 is 9.84 Å². The molecule has 3 aromatic rings. The molecule has 32 heavy (non-hydrogen) atoms. The number of sulfonamides is 1. The van der Waals surface area contributed by atoms with Gasteiger partial charge in [-0.15, -0.1) is 0 Å². The molecule has 0 unspecified atom stereocenters. The van der Waals surface area contributed by atoms with Gasteiger partial charge >= 0.3 is 0 Å². The lowest BCUT2D eigenvalue weighted by molar-refractivity contribution is 0.0730. The number of ether oxygens (including phenoxy) is 1. The summed E-state index contributed by atoms with van der Waals surface area (Å²) in [6, 6.07) is 16.9. The maximum Gasteiger partial charge on any atom is 0.275 e. The number of aromatic hydroxyl groups is 1. The highest BCUT2D eigenvalue weighted by atomic mass is 32.2. The van der Waals surface area contributed by atoms with E-state index in [0.29, 0.717) is 37.6 Å². The van der Waals surface area contributed by atoms with Crippen LogP contribution in [0.4, 0.5) is 0 Å². The average molecular weight is 454 g/mol. The third-order valence-corrected chi connectivity index (χ3v) is 7.23. The number of phenols is 1. The predicted molar refractivity (Wildman–Crippen MR) is 121 cm³/mol. The molecule has 1 fully saturated rings. The molecule has 1 aliphatic heterocycles. The molecule has 0 saturated carbocycles. The first-order valence-corrected chi connectivity index (χ1v) is 11.5. The van der Waals surface area contributed by atoms with Crippen LogP contribution in [0.2, 0.25) is 0 Å². The Morgan fingerprint density at radius 2 is 1.66 bits per heavy atom. The van der Waals surface area contributed by atoms with Crippen LogP contribution in [0.25, 0.3) is 10.8 Å². The van der Waals surface area contributed by atoms with Crippen LogP contribution in [0.1, 0.15) is 22.8 Å². The zero-order valence-corrected chi connectivity index (χ0v) is 18.3. The van der Waals surface area contributed by atoms with Gasteiger partial charge in [0.15, 0.2) is 0 Å². The molecule has 8 nitrogen and oxygen atoms in total. The van der Waals surface area contributed by atoms with Gasteiger partial charge in [0.1, 0.15) is 5.75 Å². The number of morpholine rings is 1. The summed E-state index contributed by atoms with van der Waals surface area (Å²) in [6.45, 7) is 3.13. The fourth-order valence-corrected chi connectivity index (χ4v) is 4.88. The number of nitrogens with zero attached hydrogens (tertiary/aromatic N) is 2. The number of amides is 1. The van der Waals surface area contributed by atoms with Crippen LogP contribution in [-0.4, -0.2) is 55.8 Å². The standard InChI is InChI=1S/C23H23N3O5S/c1-16(17-6-8-20(9-7-17)32(29,30)26-10-12-31-13-11-26)24-25-23(28)21-14-18-4-2-3-5-19(18)15-22(21)27/h2-9,14-15,27H,10-13H2,1H3,(H,25,28)/b24-16+. The fourth-order valence-electron chi connectivity index (χ4n) is 3.47. The maximum atomic E-state index is 12.7. The van der Waals surface area contributed by atoms with Crippen LogP contribution < -0.4 is 5.43 Å². The molecule has 2 N–H and O–H groups in total. The molecule has 0 aliphatic carbocycles. The van der Waals surface area contributed by atoms with E-state index in [-0.39, 0.29) is 16.2 Å². The third kappa shape index (κ3) is 4.50. The summed E-state index contributed by atoms with van der Waals surface area (Å²) in [5.74, 6) is -0.675. The van der Waals surface area contributed by atoms with E-state index in [2.05, 4.69) is 10.5 Å². The average Bonchev–Trinajstić information content (AvgIpc) is 2.82. The lowest BCUT2D eigenvalue weighted by Crippen LogP contribution is -2.40. The van der Waals surface area contributed by atoms with Crippen LogP contribution in [0, 0.1) is 0 Å². The highest BCUT2D eigenvalue weighted by Gasteiger charge is 2.26. The molecule has 0 radical (unpaired) electrons. The van der Waals surface area contributed by atoms with Crippen molar-refractivity contribution in [1.29, 1.82) is 0 Å². The molecule has 1 heterocycles. The van der Waals surface area contributed by atoms with Crippen molar-refractivity contribution in [2.45, 2.75) is 11.8 Å². The van der Waals surface area contributed by atoms with Gasteiger partial charge in [-0.05, 0) is 47.5 Å². The zero-order chi connectivity index (χ0) is 22.7. The van der Waals surface area contributed by atoms with Gasteiger partial charge in [0, 0.05) is 13.1 Å². The summed E-state index contributed by atoms with van der Waals surface area (Å²) in [7, 11) is -3.57. The number of hydrogen-bond donors (Lipinski definition) is 2. The van der Waals surface area contributed by atoms with Gasteiger partial charge in [-0.2, -0.15) is 9.41 Å². The minimum Gasteiger partial charge on any atom is -0.507 e. The number of hydrogen-bond acceptors (Lipinski definition) is 6. The van der Waals surface area contributed by atoms with Crippen molar-refractivity contribution >= 4 is 32.4 Å². The second-order valence-electron chi connectivity index (χ2n) is 7.40. The molecule has 4 rings (SSSR count). The van der Waals surface area contributed by atoms with Crippen molar-refractivity contribution in [1.82, 2.24) is 9.73 Å². The molecule has 1 saturated heterocycles. The molecule has 1 aliphatic rings. The van der Waals surface area contributed by atoms with E-state index >= 15 is 0 Å². The monoisotopic (exact) mass is 453 g/mol. The number of nitrogens with one attached hydrogen (secondary N) is 1. The smallest absolute Gasteiger partial charge is 0.275 e. The molecular formula is C23H23N3O5S. The predicted octanol–water partition coefficient (Wildman–Crippen LogP) is 2.72. The largest absolute Gasteiger partial charge is 0.507 e. The van der Waals surface area contributed by atoms with Gasteiger partial charge in [0.05, 0.1) is 29.4 Å². The second-order valence-corrected chi connectivity index (χ2v) is 9.33. The topological polar surface area (TPSA) is 108 Å². The molecule has 0 bridgehead atoms. The van der Waals surface area contributed by atoms with Gasteiger partial charge in [-0.1, -0.05) is 36.4 Å². The molecule has 0 atom stereocenters. The van der Waals surface area contributed by atoms with E-state index in [4.69, 9.17) is 4.74 Å². The number of carbonyl (C=O) groups excluding carboxylic acids is 1. The highest BCUT2D eigenvalue weighted by molar-refractivity contribution is 7.89. The van der Waals surface area contributed by atoms with Crippen molar-refractivity contribution in [3.8, 4) is 5.75 Å². The Morgan fingerprint density at radius 3 is 2.31 bits per heavy atom. The molecule has 9 heteroatoms. The molecular weight excluding hydrogens is 430 g/mol. The number of phenolic OH excluding ortho intramolecular Hbond substituents is 1. The van der Waals surface area contributed by atoms with E-state index < -0.39 is 15.9 Å². The lowest BCUT2D eigenvalue weighted by Gasteiger charge is -2.26. The summed E-state index contributed by atoms with van der Waals surface area (Å²) in [5.41, 5.74) is 3.72. The number of carbonyl (C=O) groups is 1. The van der Waals surface area contributed by atoms with Crippen molar-refractivity contribution in [2.75, 3.05) is 26.3 Å². The minimum absolute atomic E-state index is 0.118. The minimum atomic E-state index is -3.57. The SMILES string of the molecule is C/C(=N\NC(=O)c1cc2ccccc2cc1O)c1ccc(S(=O)(=O)N2CCOCC2)cc1. The number of hydrazone groups is 1. The molecule has 166 valence electrons. The van der Waals surface area contributed by atoms with E-state index in [1.165, 1.54) is 22.5 Å². The van der Waals surface area contributed by atoms with Crippen LogP contribution in [0.5, 0.6) is 5.75 Å². The summed E-state index contributed by atoms with van der Waals surface area (Å²) in [6.07, 6.45) is 0. The first-order chi connectivity index (χ1) is 15.4. The van der Waals surface area contributed by atoms with E-state index in [9.17, 15) is 18.3 Å². The fraction of sp³-hybridized carbons (Fsp3) is 0.217. The number of fused-ring (bicyclic) bond motifs is 1. The second kappa shape index (κ2) is 9.07. The van der Waals surface area contributed by atoms with Gasteiger partial charge in [-0.25, -0.2) is 13.8 Å². The maximum absolute atomic E-state index is 12.7. The summed E-state index contributed by atoms with van der Waals surface area (Å²) >= 11 is 0. The lowest BCUT2D eigenvalue weighted by atomic mass is 10.1. The Kier molecular flexibility index (Phi) is 6.22. The highest BCUT2D eigenvalue weighted by Crippen LogP contribution is 2.25. The first kappa shape index (κ1) is 21.9. The van der Waals surface area contributed by atoms with Gasteiger partial charge in [-0.3, -0.25) is 4.79 Å². The normalized spacial score (nSPS) is 15.6. The van der Waals surface area contributed by atoms with Crippen LogP contribution in [0.15, 0.2) is 70.7 Å². The van der Waals surface area contributed by atoms with E-state index in [0.717, 1.165) is 10.8 Å². The zero-order valence-electron chi connectivity index (χ0n) is 17.5. The van der Waals surface area contributed by atoms with Crippen molar-refractivity contribution in [3.63, 3.8) is 0 Å². The van der Waals surface area contributed by atoms with Crippen LogP contribution >= 0.6 is 0 Å². The molecule has 1 amide bonds. The molecule has 0 aromatic heterocycles. The van der Waals surface area contributed by atoms with Crippen LogP contribution in [0.3, 0.4) is 0 Å². The van der Waals surface area contributed by atoms with Gasteiger partial charge in [0.25, 0.3) is 5.91 Å². The Morgan fingerprint density at radius 1 is 1.03 bits per heavy atom. The Labute approximate surface area is 186 Å². The first-order valence-electron chi connectivity index (χ1n) is 10.1. The molecule has 3 aromatic carbocycles. The third-order valence-electron chi connectivity index (χ3n) is 5.31. The van der Waals surface area contributed by atoms with E-state index in [1.54, 1.807) is 25.1 Å².